The van der Waals surface area contributed by atoms with Crippen molar-refractivity contribution in [3.05, 3.63) is 71.9 Å². The molecule has 26 heavy (non-hydrogen) atoms. The molecule has 7 heteroatoms. The molecule has 1 aromatic heterocycles. The lowest BCUT2D eigenvalue weighted by Gasteiger charge is -2.09. The number of rotatable bonds is 4. The Balaban J connectivity index is 1.60. The first-order valence-electron chi connectivity index (χ1n) is 8.06. The number of anilines is 3. The van der Waals surface area contributed by atoms with Crippen molar-refractivity contribution in [2.75, 3.05) is 16.0 Å². The summed E-state index contributed by atoms with van der Waals surface area (Å²) in [6.07, 6.45) is 0. The minimum absolute atomic E-state index is 0.242. The Morgan fingerprint density at radius 2 is 1.50 bits per heavy atom. The molecular formula is C19H19N5O2. The van der Waals surface area contributed by atoms with E-state index in [2.05, 4.69) is 21.0 Å². The van der Waals surface area contributed by atoms with E-state index in [0.29, 0.717) is 22.8 Å². The molecule has 0 aliphatic rings. The van der Waals surface area contributed by atoms with E-state index in [1.807, 2.05) is 25.1 Å². The second kappa shape index (κ2) is 7.52. The van der Waals surface area contributed by atoms with Crippen molar-refractivity contribution < 1.29 is 9.59 Å². The van der Waals surface area contributed by atoms with Crippen LogP contribution < -0.4 is 16.0 Å². The van der Waals surface area contributed by atoms with Crippen molar-refractivity contribution in [2.24, 2.45) is 7.05 Å². The number of benzene rings is 2. The summed E-state index contributed by atoms with van der Waals surface area (Å²) in [4.78, 5) is 24.3. The molecule has 3 N–H and O–H groups in total. The summed E-state index contributed by atoms with van der Waals surface area (Å²) < 4.78 is 1.61. The number of aryl methyl sites for hydroxylation is 2. The minimum Gasteiger partial charge on any atom is -0.308 e. The molecule has 0 radical (unpaired) electrons. The Hall–Kier alpha value is -3.61. The Labute approximate surface area is 151 Å². The zero-order chi connectivity index (χ0) is 18.5. The summed E-state index contributed by atoms with van der Waals surface area (Å²) in [7, 11) is 1.76. The molecule has 0 aliphatic carbocycles. The first kappa shape index (κ1) is 17.2. The van der Waals surface area contributed by atoms with Crippen LogP contribution in [-0.2, 0) is 7.05 Å². The summed E-state index contributed by atoms with van der Waals surface area (Å²) >= 11 is 0. The van der Waals surface area contributed by atoms with Gasteiger partial charge in [-0.25, -0.2) is 4.79 Å². The lowest BCUT2D eigenvalue weighted by Crippen LogP contribution is -2.19. The molecule has 3 rings (SSSR count). The topological polar surface area (TPSA) is 88.0 Å². The van der Waals surface area contributed by atoms with Crippen LogP contribution in [0.1, 0.15) is 16.1 Å². The van der Waals surface area contributed by atoms with Gasteiger partial charge in [0, 0.05) is 30.1 Å². The van der Waals surface area contributed by atoms with Gasteiger partial charge in [0.15, 0.2) is 0 Å². The van der Waals surface area contributed by atoms with Crippen molar-refractivity contribution in [1.29, 1.82) is 0 Å². The maximum absolute atomic E-state index is 12.3. The van der Waals surface area contributed by atoms with Crippen LogP contribution in [0.25, 0.3) is 0 Å². The predicted molar refractivity (Wildman–Crippen MR) is 101 cm³/mol. The predicted octanol–water partition coefficient (Wildman–Crippen LogP) is 3.62. The highest BCUT2D eigenvalue weighted by molar-refractivity contribution is 6.04. The fourth-order valence-corrected chi connectivity index (χ4v) is 2.44. The van der Waals surface area contributed by atoms with Gasteiger partial charge in [-0.3, -0.25) is 9.48 Å². The van der Waals surface area contributed by atoms with Gasteiger partial charge >= 0.3 is 6.03 Å². The molecular weight excluding hydrogens is 330 g/mol. The van der Waals surface area contributed by atoms with Gasteiger partial charge < -0.3 is 16.0 Å². The highest BCUT2D eigenvalue weighted by Gasteiger charge is 2.10. The number of hydrogen-bond acceptors (Lipinski definition) is 3. The fourth-order valence-electron chi connectivity index (χ4n) is 2.44. The zero-order valence-electron chi connectivity index (χ0n) is 14.5. The van der Waals surface area contributed by atoms with Gasteiger partial charge in [-0.15, -0.1) is 0 Å². The number of nitrogens with zero attached hydrogens (tertiary/aromatic N) is 2. The third kappa shape index (κ3) is 4.27. The fraction of sp³-hybridized carbons (Fsp3) is 0.105. The Bertz CT molecular complexity index is 917. The molecule has 3 aromatic rings. The molecule has 0 fully saturated rings. The van der Waals surface area contributed by atoms with Gasteiger partial charge in [-0.2, -0.15) is 5.10 Å². The number of hydrogen-bond donors (Lipinski definition) is 3. The Morgan fingerprint density at radius 1 is 0.885 bits per heavy atom. The third-order valence-electron chi connectivity index (χ3n) is 3.68. The molecule has 0 bridgehead atoms. The lowest BCUT2D eigenvalue weighted by molar-refractivity contribution is 0.102. The summed E-state index contributed by atoms with van der Waals surface area (Å²) in [6.45, 7) is 1.86. The van der Waals surface area contributed by atoms with Gasteiger partial charge in [0.05, 0.1) is 5.69 Å². The largest absolute Gasteiger partial charge is 0.323 e. The maximum Gasteiger partial charge on any atom is 0.323 e. The van der Waals surface area contributed by atoms with Crippen LogP contribution in [0.2, 0.25) is 0 Å². The smallest absolute Gasteiger partial charge is 0.308 e. The Kier molecular flexibility index (Phi) is 4.98. The molecule has 3 amide bonds. The average molecular weight is 349 g/mol. The molecule has 132 valence electrons. The molecule has 1 heterocycles. The minimum atomic E-state index is -0.348. The second-order valence-corrected chi connectivity index (χ2v) is 5.77. The number of aromatic nitrogens is 2. The van der Waals surface area contributed by atoms with Crippen LogP contribution in [0.15, 0.2) is 60.7 Å². The monoisotopic (exact) mass is 349 g/mol. The highest BCUT2D eigenvalue weighted by Crippen LogP contribution is 2.14. The molecule has 0 atom stereocenters. The summed E-state index contributed by atoms with van der Waals surface area (Å²) in [5.74, 6) is 0.380. The van der Waals surface area contributed by atoms with Crippen molar-refractivity contribution in [1.82, 2.24) is 9.78 Å². The van der Waals surface area contributed by atoms with E-state index >= 15 is 0 Å². The van der Waals surface area contributed by atoms with Crippen molar-refractivity contribution in [3.8, 4) is 0 Å². The summed E-state index contributed by atoms with van der Waals surface area (Å²) in [6, 6.07) is 17.2. The van der Waals surface area contributed by atoms with Crippen molar-refractivity contribution in [2.45, 2.75) is 6.92 Å². The van der Waals surface area contributed by atoms with E-state index in [4.69, 9.17) is 0 Å². The van der Waals surface area contributed by atoms with Gasteiger partial charge in [0.1, 0.15) is 5.82 Å². The van der Waals surface area contributed by atoms with E-state index in [0.717, 1.165) is 5.69 Å². The van der Waals surface area contributed by atoms with Gasteiger partial charge in [0.25, 0.3) is 5.91 Å². The normalized spacial score (nSPS) is 10.2. The first-order valence-corrected chi connectivity index (χ1v) is 8.06. The average Bonchev–Trinajstić information content (AvgIpc) is 2.93. The number of para-hydroxylation sites is 1. The molecule has 0 aliphatic heterocycles. The van der Waals surface area contributed by atoms with Crippen LogP contribution in [0.5, 0.6) is 0 Å². The van der Waals surface area contributed by atoms with Gasteiger partial charge in [-0.1, -0.05) is 18.2 Å². The highest BCUT2D eigenvalue weighted by atomic mass is 16.2. The van der Waals surface area contributed by atoms with E-state index < -0.39 is 0 Å². The molecule has 0 unspecified atom stereocenters. The van der Waals surface area contributed by atoms with Gasteiger partial charge in [-0.05, 0) is 43.3 Å². The zero-order valence-corrected chi connectivity index (χ0v) is 14.5. The number of urea groups is 1. The quantitative estimate of drug-likeness (QED) is 0.672. The number of amides is 3. The van der Waals surface area contributed by atoms with Crippen molar-refractivity contribution in [3.63, 3.8) is 0 Å². The van der Waals surface area contributed by atoms with Crippen LogP contribution >= 0.6 is 0 Å². The SMILES string of the molecule is Cc1cc(NC(=O)c2ccc(NC(=O)Nc3ccccc3)cc2)n(C)n1. The van der Waals surface area contributed by atoms with Crippen molar-refractivity contribution >= 4 is 29.1 Å². The molecule has 7 nitrogen and oxygen atoms in total. The molecule has 0 spiro atoms. The Morgan fingerprint density at radius 3 is 2.08 bits per heavy atom. The van der Waals surface area contributed by atoms with Crippen LogP contribution in [0, 0.1) is 6.92 Å². The van der Waals surface area contributed by atoms with Crippen LogP contribution in [0.4, 0.5) is 22.0 Å². The lowest BCUT2D eigenvalue weighted by atomic mass is 10.2. The third-order valence-corrected chi connectivity index (χ3v) is 3.68. The number of carbonyl (C=O) groups is 2. The first-order chi connectivity index (χ1) is 12.5. The summed E-state index contributed by atoms with van der Waals surface area (Å²) in [5, 5.41) is 12.4. The van der Waals surface area contributed by atoms with Crippen LogP contribution in [0.3, 0.4) is 0 Å². The maximum atomic E-state index is 12.3. The van der Waals surface area contributed by atoms with Gasteiger partial charge in [0.2, 0.25) is 0 Å². The van der Waals surface area contributed by atoms with E-state index in [1.165, 1.54) is 0 Å². The molecule has 0 saturated carbocycles. The summed E-state index contributed by atoms with van der Waals surface area (Å²) in [5.41, 5.74) is 2.60. The van der Waals surface area contributed by atoms with Crippen LogP contribution in [-0.4, -0.2) is 21.7 Å². The standard InChI is InChI=1S/C19H19N5O2/c1-13-12-17(24(2)23-13)22-18(25)14-8-10-16(11-9-14)21-19(26)20-15-6-4-3-5-7-15/h3-12H,1-2H3,(H,22,25)(H2,20,21,26). The van der Waals surface area contributed by atoms with E-state index in [1.54, 1.807) is 54.2 Å². The van der Waals surface area contributed by atoms with E-state index in [9.17, 15) is 9.59 Å². The van der Waals surface area contributed by atoms with E-state index in [-0.39, 0.29) is 11.9 Å². The second-order valence-electron chi connectivity index (χ2n) is 5.77. The number of nitrogens with one attached hydrogen (secondary N) is 3. The molecule has 2 aromatic carbocycles. The molecule has 0 saturated heterocycles. The number of carbonyl (C=O) groups excluding carboxylic acids is 2.